The van der Waals surface area contributed by atoms with E-state index in [0.717, 1.165) is 5.82 Å². The van der Waals surface area contributed by atoms with Crippen LogP contribution in [0.15, 0.2) is 6.33 Å². The van der Waals surface area contributed by atoms with E-state index in [2.05, 4.69) is 14.8 Å². The summed E-state index contributed by atoms with van der Waals surface area (Å²) in [6.07, 6.45) is 8.52. The van der Waals surface area contributed by atoms with Gasteiger partial charge in [-0.3, -0.25) is 0 Å². The summed E-state index contributed by atoms with van der Waals surface area (Å²) in [5, 5.41) is 18.1. The number of aromatic nitrogens is 3. The lowest BCUT2D eigenvalue weighted by atomic mass is 9.94. The molecular formula is C12H22N4O. The van der Waals surface area contributed by atoms with E-state index in [-0.39, 0.29) is 6.54 Å². The maximum atomic E-state index is 10.0. The Hall–Kier alpha value is -0.940. The summed E-state index contributed by atoms with van der Waals surface area (Å²) in [4.78, 5) is 0. The summed E-state index contributed by atoms with van der Waals surface area (Å²) in [7, 11) is 0. The van der Waals surface area contributed by atoms with Crippen LogP contribution >= 0.6 is 0 Å². The molecule has 1 aromatic rings. The second kappa shape index (κ2) is 5.14. The first-order valence-electron chi connectivity index (χ1n) is 6.43. The molecule has 1 atom stereocenters. The Labute approximate surface area is 102 Å². The maximum absolute atomic E-state index is 10.0. The average Bonchev–Trinajstić information content (AvgIpc) is 2.77. The summed E-state index contributed by atoms with van der Waals surface area (Å²) < 4.78 is 2.13. The van der Waals surface area contributed by atoms with Gasteiger partial charge in [-0.2, -0.15) is 0 Å². The molecule has 1 heterocycles. The third-order valence-electron chi connectivity index (χ3n) is 3.59. The number of nitrogens with zero attached hydrogens (tertiary/aromatic N) is 3. The zero-order valence-corrected chi connectivity index (χ0v) is 10.5. The van der Waals surface area contributed by atoms with Crippen molar-refractivity contribution in [1.29, 1.82) is 0 Å². The average molecular weight is 238 g/mol. The molecule has 1 aliphatic carbocycles. The molecule has 1 fully saturated rings. The van der Waals surface area contributed by atoms with Gasteiger partial charge in [0.2, 0.25) is 0 Å². The van der Waals surface area contributed by atoms with Crippen molar-refractivity contribution in [3.8, 4) is 0 Å². The molecule has 0 spiro atoms. The second-order valence-corrected chi connectivity index (χ2v) is 5.32. The number of hydrogen-bond donors (Lipinski definition) is 2. The molecule has 1 saturated carbocycles. The van der Waals surface area contributed by atoms with Gasteiger partial charge < -0.3 is 15.4 Å². The largest absolute Gasteiger partial charge is 0.388 e. The van der Waals surface area contributed by atoms with Crippen molar-refractivity contribution in [1.82, 2.24) is 14.8 Å². The number of rotatable bonds is 4. The number of aliphatic hydroxyl groups is 1. The third kappa shape index (κ3) is 3.04. The van der Waals surface area contributed by atoms with Crippen molar-refractivity contribution in [2.75, 3.05) is 6.54 Å². The monoisotopic (exact) mass is 238 g/mol. The Morgan fingerprint density at radius 3 is 2.82 bits per heavy atom. The zero-order chi connectivity index (χ0) is 12.3. The van der Waals surface area contributed by atoms with Crippen LogP contribution in [-0.2, 0) is 6.42 Å². The van der Waals surface area contributed by atoms with Gasteiger partial charge in [-0.25, -0.2) is 0 Å². The van der Waals surface area contributed by atoms with E-state index in [4.69, 9.17) is 5.73 Å². The minimum absolute atomic E-state index is 0.241. The molecule has 17 heavy (non-hydrogen) atoms. The van der Waals surface area contributed by atoms with Crippen LogP contribution in [0.5, 0.6) is 0 Å². The summed E-state index contributed by atoms with van der Waals surface area (Å²) in [5.41, 5.74) is 4.65. The van der Waals surface area contributed by atoms with Gasteiger partial charge in [0.05, 0.1) is 5.60 Å². The molecule has 1 aliphatic rings. The molecule has 0 aliphatic heterocycles. The maximum Gasteiger partial charge on any atom is 0.135 e. The van der Waals surface area contributed by atoms with E-state index >= 15 is 0 Å². The van der Waals surface area contributed by atoms with Crippen LogP contribution < -0.4 is 5.73 Å². The van der Waals surface area contributed by atoms with Crippen LogP contribution in [0.2, 0.25) is 0 Å². The molecule has 0 amide bonds. The smallest absolute Gasteiger partial charge is 0.135 e. The predicted molar refractivity (Wildman–Crippen MR) is 65.5 cm³/mol. The fourth-order valence-corrected chi connectivity index (χ4v) is 2.47. The Morgan fingerprint density at radius 2 is 2.18 bits per heavy atom. The van der Waals surface area contributed by atoms with Gasteiger partial charge in [-0.15, -0.1) is 10.2 Å². The lowest BCUT2D eigenvalue weighted by Gasteiger charge is -2.26. The van der Waals surface area contributed by atoms with Crippen LogP contribution in [0.25, 0.3) is 0 Å². The Balaban J connectivity index is 2.10. The SMILES string of the molecule is CC(O)(CN)Cc1nncn1C1CCCCC1. The molecule has 0 bridgehead atoms. The van der Waals surface area contributed by atoms with Gasteiger partial charge in [-0.1, -0.05) is 19.3 Å². The van der Waals surface area contributed by atoms with Gasteiger partial charge >= 0.3 is 0 Å². The fourth-order valence-electron chi connectivity index (χ4n) is 2.47. The molecule has 1 unspecified atom stereocenters. The minimum Gasteiger partial charge on any atom is -0.388 e. The number of hydrogen-bond acceptors (Lipinski definition) is 4. The highest BCUT2D eigenvalue weighted by atomic mass is 16.3. The first-order chi connectivity index (χ1) is 8.12. The van der Waals surface area contributed by atoms with Crippen LogP contribution in [0.1, 0.15) is 50.9 Å². The van der Waals surface area contributed by atoms with E-state index in [0.29, 0.717) is 12.5 Å². The van der Waals surface area contributed by atoms with Crippen molar-refractivity contribution in [2.24, 2.45) is 5.73 Å². The van der Waals surface area contributed by atoms with Crippen molar-refractivity contribution in [3.05, 3.63) is 12.2 Å². The standard InChI is InChI=1S/C12H22N4O/c1-12(17,8-13)7-11-15-14-9-16(11)10-5-3-2-4-6-10/h9-10,17H,2-8,13H2,1H3. The van der Waals surface area contributed by atoms with Gasteiger partial charge in [0.1, 0.15) is 12.2 Å². The first kappa shape index (κ1) is 12.5. The molecule has 0 saturated heterocycles. The first-order valence-corrected chi connectivity index (χ1v) is 6.43. The quantitative estimate of drug-likeness (QED) is 0.821. The van der Waals surface area contributed by atoms with Crippen molar-refractivity contribution >= 4 is 0 Å². The van der Waals surface area contributed by atoms with Crippen LogP contribution in [0.4, 0.5) is 0 Å². The minimum atomic E-state index is -0.889. The zero-order valence-electron chi connectivity index (χ0n) is 10.5. The molecule has 2 rings (SSSR count). The van der Waals surface area contributed by atoms with Gasteiger partial charge in [0, 0.05) is 19.0 Å². The molecular weight excluding hydrogens is 216 g/mol. The topological polar surface area (TPSA) is 77.0 Å². The molecule has 3 N–H and O–H groups in total. The van der Waals surface area contributed by atoms with Crippen LogP contribution in [0.3, 0.4) is 0 Å². The molecule has 5 heteroatoms. The second-order valence-electron chi connectivity index (χ2n) is 5.32. The van der Waals surface area contributed by atoms with E-state index < -0.39 is 5.60 Å². The highest BCUT2D eigenvalue weighted by Crippen LogP contribution is 2.29. The van der Waals surface area contributed by atoms with Gasteiger partial charge in [0.15, 0.2) is 0 Å². The van der Waals surface area contributed by atoms with Crippen LogP contribution in [-0.4, -0.2) is 32.0 Å². The summed E-state index contributed by atoms with van der Waals surface area (Å²) in [6, 6.07) is 0.502. The third-order valence-corrected chi connectivity index (χ3v) is 3.59. The van der Waals surface area contributed by atoms with E-state index in [1.54, 1.807) is 13.3 Å². The Bertz CT molecular complexity index is 355. The van der Waals surface area contributed by atoms with Crippen molar-refractivity contribution in [2.45, 2.75) is 57.1 Å². The molecule has 96 valence electrons. The Morgan fingerprint density at radius 1 is 1.47 bits per heavy atom. The normalized spacial score (nSPS) is 21.4. The summed E-state index contributed by atoms with van der Waals surface area (Å²) in [6.45, 7) is 1.98. The summed E-state index contributed by atoms with van der Waals surface area (Å²) in [5.74, 6) is 0.854. The van der Waals surface area contributed by atoms with E-state index in [1.807, 2.05) is 0 Å². The lowest BCUT2D eigenvalue weighted by Crippen LogP contribution is -2.37. The molecule has 1 aromatic heterocycles. The number of nitrogens with two attached hydrogens (primary N) is 1. The summed E-state index contributed by atoms with van der Waals surface area (Å²) >= 11 is 0. The molecule has 0 aromatic carbocycles. The van der Waals surface area contributed by atoms with Crippen molar-refractivity contribution in [3.63, 3.8) is 0 Å². The van der Waals surface area contributed by atoms with Gasteiger partial charge in [0.25, 0.3) is 0 Å². The predicted octanol–water partition coefficient (Wildman–Crippen LogP) is 1.04. The highest BCUT2D eigenvalue weighted by Gasteiger charge is 2.25. The van der Waals surface area contributed by atoms with Crippen LogP contribution in [0, 0.1) is 0 Å². The van der Waals surface area contributed by atoms with E-state index in [9.17, 15) is 5.11 Å². The fraction of sp³-hybridized carbons (Fsp3) is 0.833. The lowest BCUT2D eigenvalue weighted by molar-refractivity contribution is 0.0658. The Kier molecular flexibility index (Phi) is 3.79. The van der Waals surface area contributed by atoms with Gasteiger partial charge in [-0.05, 0) is 19.8 Å². The highest BCUT2D eigenvalue weighted by molar-refractivity contribution is 4.96. The van der Waals surface area contributed by atoms with E-state index in [1.165, 1.54) is 32.1 Å². The molecule has 0 radical (unpaired) electrons. The van der Waals surface area contributed by atoms with Crippen molar-refractivity contribution < 1.29 is 5.11 Å². The molecule has 5 nitrogen and oxygen atoms in total.